The number of allylic oxidation sites excluding steroid dienone is 4. The molecule has 0 saturated heterocycles. The first-order valence-corrected chi connectivity index (χ1v) is 9.01. The Labute approximate surface area is 151 Å². The van der Waals surface area contributed by atoms with Gasteiger partial charge in [0.1, 0.15) is 0 Å². The molecule has 1 heteroatoms. The van der Waals surface area contributed by atoms with E-state index in [1.54, 1.807) is 0 Å². The number of rotatable bonds is 4. The summed E-state index contributed by atoms with van der Waals surface area (Å²) < 4.78 is 0. The van der Waals surface area contributed by atoms with E-state index in [1.807, 2.05) is 0 Å². The number of nitrogens with zero attached hydrogens (tertiary/aromatic N) is 1. The lowest BCUT2D eigenvalue weighted by molar-refractivity contribution is 0.980. The molecule has 1 atom stereocenters. The fourth-order valence-electron chi connectivity index (χ4n) is 3.73. The topological polar surface area (TPSA) is 12.4 Å². The van der Waals surface area contributed by atoms with Crippen LogP contribution in [0.4, 0.5) is 5.69 Å². The quantitative estimate of drug-likeness (QED) is 0.564. The van der Waals surface area contributed by atoms with Crippen molar-refractivity contribution in [1.82, 2.24) is 0 Å². The molecule has 25 heavy (non-hydrogen) atoms. The average molecular weight is 329 g/mol. The third-order valence-electron chi connectivity index (χ3n) is 5.18. The van der Waals surface area contributed by atoms with Gasteiger partial charge in [0.05, 0.1) is 5.69 Å². The average Bonchev–Trinajstić information content (AvgIpc) is 2.90. The van der Waals surface area contributed by atoms with E-state index in [0.29, 0.717) is 5.92 Å². The van der Waals surface area contributed by atoms with Gasteiger partial charge in [0, 0.05) is 18.6 Å². The van der Waals surface area contributed by atoms with E-state index in [4.69, 9.17) is 4.99 Å². The summed E-state index contributed by atoms with van der Waals surface area (Å²) in [7, 11) is 0. The molecule has 2 aromatic carbocycles. The van der Waals surface area contributed by atoms with Gasteiger partial charge in [0.15, 0.2) is 0 Å². The highest BCUT2D eigenvalue weighted by molar-refractivity contribution is 5.70. The van der Waals surface area contributed by atoms with Crippen molar-refractivity contribution in [2.24, 2.45) is 4.99 Å². The monoisotopic (exact) mass is 329 g/mol. The number of aliphatic imine (C=N–C) groups is 1. The molecule has 0 bridgehead atoms. The van der Waals surface area contributed by atoms with Gasteiger partial charge in [-0.3, -0.25) is 4.99 Å². The Hall–Kier alpha value is -2.41. The molecule has 0 fully saturated rings. The van der Waals surface area contributed by atoms with E-state index in [9.17, 15) is 0 Å². The Morgan fingerprint density at radius 1 is 0.960 bits per heavy atom. The minimum absolute atomic E-state index is 0.410. The summed E-state index contributed by atoms with van der Waals surface area (Å²) in [6.45, 7) is 10.8. The third kappa shape index (κ3) is 3.66. The van der Waals surface area contributed by atoms with Gasteiger partial charge >= 0.3 is 0 Å². The first-order chi connectivity index (χ1) is 12.0. The van der Waals surface area contributed by atoms with E-state index in [0.717, 1.165) is 12.1 Å². The molecular weight excluding hydrogens is 302 g/mol. The predicted octanol–water partition coefficient (Wildman–Crippen LogP) is 6.55. The predicted molar refractivity (Wildman–Crippen MR) is 109 cm³/mol. The lowest BCUT2D eigenvalue weighted by Gasteiger charge is -2.15. The van der Waals surface area contributed by atoms with Crippen LogP contribution in [0.5, 0.6) is 0 Å². The summed E-state index contributed by atoms with van der Waals surface area (Å²) in [5.74, 6) is 0.410. The SMILES string of the molecule is CC1=C(C)C(c2ccccc2CC=Nc2c(C)cc(C)cc2C)C=C1. The van der Waals surface area contributed by atoms with Gasteiger partial charge in [-0.1, -0.05) is 65.3 Å². The van der Waals surface area contributed by atoms with E-state index in [2.05, 4.69) is 89.4 Å². The van der Waals surface area contributed by atoms with E-state index in [1.165, 1.54) is 39.0 Å². The van der Waals surface area contributed by atoms with Gasteiger partial charge in [-0.05, 0) is 56.9 Å². The highest BCUT2D eigenvalue weighted by Crippen LogP contribution is 2.35. The highest BCUT2D eigenvalue weighted by Gasteiger charge is 2.18. The van der Waals surface area contributed by atoms with Gasteiger partial charge in [-0.2, -0.15) is 0 Å². The first kappa shape index (κ1) is 17.4. The summed E-state index contributed by atoms with van der Waals surface area (Å²) in [6.07, 6.45) is 7.48. The standard InChI is InChI=1S/C24H27N/c1-16-14-18(3)24(19(4)15-16)25-13-12-21-8-6-7-9-23(21)22-11-10-17(2)20(22)5/h6-11,13-15,22H,12H2,1-5H3. The van der Waals surface area contributed by atoms with E-state index >= 15 is 0 Å². The third-order valence-corrected chi connectivity index (χ3v) is 5.18. The molecule has 0 saturated carbocycles. The summed E-state index contributed by atoms with van der Waals surface area (Å²) in [6, 6.07) is 13.1. The zero-order chi connectivity index (χ0) is 18.0. The molecule has 0 amide bonds. The first-order valence-electron chi connectivity index (χ1n) is 9.01. The zero-order valence-corrected chi connectivity index (χ0v) is 15.9. The Morgan fingerprint density at radius 2 is 1.64 bits per heavy atom. The van der Waals surface area contributed by atoms with Crippen molar-refractivity contribution in [3.8, 4) is 0 Å². The number of benzene rings is 2. The van der Waals surface area contributed by atoms with Crippen LogP contribution in [-0.2, 0) is 6.42 Å². The van der Waals surface area contributed by atoms with Crippen LogP contribution in [-0.4, -0.2) is 6.21 Å². The number of hydrogen-bond acceptors (Lipinski definition) is 1. The molecule has 0 N–H and O–H groups in total. The van der Waals surface area contributed by atoms with Gasteiger partial charge in [0.25, 0.3) is 0 Å². The molecular formula is C24H27N. The van der Waals surface area contributed by atoms with Crippen molar-refractivity contribution < 1.29 is 0 Å². The molecule has 3 rings (SSSR count). The van der Waals surface area contributed by atoms with Crippen LogP contribution in [0, 0.1) is 20.8 Å². The lowest BCUT2D eigenvalue weighted by atomic mass is 9.89. The van der Waals surface area contributed by atoms with Crippen LogP contribution < -0.4 is 0 Å². The largest absolute Gasteiger partial charge is 0.260 e. The molecule has 0 heterocycles. The van der Waals surface area contributed by atoms with Crippen molar-refractivity contribution in [3.05, 3.63) is 87.5 Å². The zero-order valence-electron chi connectivity index (χ0n) is 15.9. The van der Waals surface area contributed by atoms with Crippen LogP contribution in [0.1, 0.15) is 47.6 Å². The normalized spacial score (nSPS) is 17.1. The van der Waals surface area contributed by atoms with E-state index in [-0.39, 0.29) is 0 Å². The van der Waals surface area contributed by atoms with Crippen LogP contribution >= 0.6 is 0 Å². The van der Waals surface area contributed by atoms with Crippen LogP contribution in [0.15, 0.2) is 64.7 Å². The molecule has 0 aromatic heterocycles. The van der Waals surface area contributed by atoms with Crippen molar-refractivity contribution in [2.45, 2.75) is 47.0 Å². The summed E-state index contributed by atoms with van der Waals surface area (Å²) in [5.41, 5.74) is 10.5. The second-order valence-corrected chi connectivity index (χ2v) is 7.16. The molecule has 2 aromatic rings. The molecule has 1 nitrogen and oxygen atoms in total. The molecule has 128 valence electrons. The van der Waals surface area contributed by atoms with Crippen LogP contribution in [0.2, 0.25) is 0 Å². The van der Waals surface area contributed by atoms with Gasteiger partial charge in [-0.25, -0.2) is 0 Å². The van der Waals surface area contributed by atoms with Crippen LogP contribution in [0.25, 0.3) is 0 Å². The van der Waals surface area contributed by atoms with E-state index < -0.39 is 0 Å². The summed E-state index contributed by atoms with van der Waals surface area (Å²) in [5, 5.41) is 0. The van der Waals surface area contributed by atoms with Crippen LogP contribution in [0.3, 0.4) is 0 Å². The number of aryl methyl sites for hydroxylation is 3. The van der Waals surface area contributed by atoms with Gasteiger partial charge in [0.2, 0.25) is 0 Å². The maximum Gasteiger partial charge on any atom is 0.0684 e. The fraction of sp³-hybridized carbons (Fsp3) is 0.292. The Balaban J connectivity index is 1.85. The Bertz CT molecular complexity index is 858. The van der Waals surface area contributed by atoms with Crippen molar-refractivity contribution in [1.29, 1.82) is 0 Å². The second-order valence-electron chi connectivity index (χ2n) is 7.16. The fourth-order valence-corrected chi connectivity index (χ4v) is 3.73. The Kier molecular flexibility index (Phi) is 5.03. The molecule has 0 spiro atoms. The smallest absolute Gasteiger partial charge is 0.0684 e. The molecule has 0 aliphatic heterocycles. The van der Waals surface area contributed by atoms with Crippen molar-refractivity contribution in [3.63, 3.8) is 0 Å². The summed E-state index contributed by atoms with van der Waals surface area (Å²) >= 11 is 0. The second kappa shape index (κ2) is 7.23. The molecule has 1 aliphatic rings. The molecule has 1 aliphatic carbocycles. The van der Waals surface area contributed by atoms with Gasteiger partial charge in [-0.15, -0.1) is 0 Å². The highest BCUT2D eigenvalue weighted by atomic mass is 14.7. The maximum atomic E-state index is 4.79. The maximum absolute atomic E-state index is 4.79. The minimum atomic E-state index is 0.410. The van der Waals surface area contributed by atoms with Crippen molar-refractivity contribution >= 4 is 11.9 Å². The molecule has 0 radical (unpaired) electrons. The van der Waals surface area contributed by atoms with Crippen molar-refractivity contribution in [2.75, 3.05) is 0 Å². The lowest BCUT2D eigenvalue weighted by Crippen LogP contribution is -2.01. The number of hydrogen-bond donors (Lipinski definition) is 0. The minimum Gasteiger partial charge on any atom is -0.260 e. The summed E-state index contributed by atoms with van der Waals surface area (Å²) in [4.78, 5) is 4.79. The van der Waals surface area contributed by atoms with Gasteiger partial charge < -0.3 is 0 Å². The molecule has 1 unspecified atom stereocenters. The Morgan fingerprint density at radius 3 is 2.28 bits per heavy atom.